The molecule has 1 aromatic heterocycles. The first-order valence-corrected chi connectivity index (χ1v) is 10.3. The minimum Gasteiger partial charge on any atom is -0.449 e. The molecule has 158 valence electrons. The number of amides is 2. The molecule has 29 heavy (non-hydrogen) atoms. The van der Waals surface area contributed by atoms with Crippen molar-refractivity contribution in [1.29, 1.82) is 0 Å². The number of carbonyl (C=O) groups excluding carboxylic acids is 2. The highest BCUT2D eigenvalue weighted by atomic mass is 35.5. The molecule has 4 N–H and O–H groups in total. The Labute approximate surface area is 182 Å². The molecule has 0 saturated carbocycles. The number of halogens is 2. The third-order valence-corrected chi connectivity index (χ3v) is 5.28. The largest absolute Gasteiger partial charge is 0.449 e. The Morgan fingerprint density at radius 3 is 2.24 bits per heavy atom. The van der Waals surface area contributed by atoms with E-state index < -0.39 is 12.2 Å². The highest BCUT2D eigenvalue weighted by molar-refractivity contribution is 7.99. The van der Waals surface area contributed by atoms with Crippen LogP contribution in [0, 0.1) is 0 Å². The van der Waals surface area contributed by atoms with Gasteiger partial charge < -0.3 is 25.5 Å². The maximum Gasteiger partial charge on any atom is 0.404 e. The predicted molar refractivity (Wildman–Crippen MR) is 112 cm³/mol. The first-order valence-electron chi connectivity index (χ1n) is 8.75. The average Bonchev–Trinajstić information content (AvgIpc) is 2.91. The normalized spacial score (nSPS) is 10.9. The number of hydrogen-bond donors (Lipinski definition) is 2. The molecular formula is C18H22Cl2N4O4S. The van der Waals surface area contributed by atoms with Crippen molar-refractivity contribution in [3.05, 3.63) is 39.8 Å². The number of nitrogens with two attached hydrogens (primary N) is 2. The van der Waals surface area contributed by atoms with E-state index in [9.17, 15) is 9.59 Å². The average molecular weight is 461 g/mol. The van der Waals surface area contributed by atoms with Crippen molar-refractivity contribution in [2.75, 3.05) is 13.2 Å². The van der Waals surface area contributed by atoms with Gasteiger partial charge in [0.15, 0.2) is 0 Å². The maximum atomic E-state index is 11.0. The van der Waals surface area contributed by atoms with Gasteiger partial charge in [0.25, 0.3) is 0 Å². The molecule has 11 heteroatoms. The van der Waals surface area contributed by atoms with E-state index in [0.29, 0.717) is 28.8 Å². The highest BCUT2D eigenvalue weighted by Crippen LogP contribution is 2.37. The number of benzene rings is 1. The molecule has 2 aromatic rings. The number of ether oxygens (including phenoxy) is 2. The summed E-state index contributed by atoms with van der Waals surface area (Å²) in [5.41, 5.74) is 10.9. The third kappa shape index (κ3) is 7.02. The Hall–Kier alpha value is -2.10. The zero-order chi connectivity index (χ0) is 21.6. The molecule has 0 fully saturated rings. The van der Waals surface area contributed by atoms with Crippen molar-refractivity contribution in [2.24, 2.45) is 11.5 Å². The summed E-state index contributed by atoms with van der Waals surface area (Å²) in [5, 5.41) is 1.88. The first kappa shape index (κ1) is 23.2. The van der Waals surface area contributed by atoms with E-state index in [1.807, 2.05) is 18.4 Å². The monoisotopic (exact) mass is 460 g/mol. The van der Waals surface area contributed by atoms with Crippen molar-refractivity contribution in [2.45, 2.75) is 42.7 Å². The zero-order valence-corrected chi connectivity index (χ0v) is 18.3. The van der Waals surface area contributed by atoms with Crippen LogP contribution in [-0.4, -0.2) is 35.0 Å². The second-order valence-electron chi connectivity index (χ2n) is 6.32. The number of rotatable bonds is 9. The quantitative estimate of drug-likeness (QED) is 0.577. The molecule has 0 aliphatic carbocycles. The first-order chi connectivity index (χ1) is 13.7. The lowest BCUT2D eigenvalue weighted by molar-refractivity contribution is 0.148. The van der Waals surface area contributed by atoms with Crippen LogP contribution in [0.15, 0.2) is 28.1 Å². The zero-order valence-electron chi connectivity index (χ0n) is 16.0. The van der Waals surface area contributed by atoms with E-state index in [1.54, 1.807) is 18.2 Å². The van der Waals surface area contributed by atoms with Gasteiger partial charge in [-0.05, 0) is 24.1 Å². The van der Waals surface area contributed by atoms with Gasteiger partial charge in [0, 0.05) is 21.4 Å². The Bertz CT molecular complexity index is 869. The third-order valence-electron chi connectivity index (χ3n) is 3.75. The Kier molecular flexibility index (Phi) is 8.48. The van der Waals surface area contributed by atoms with Crippen LogP contribution in [0.1, 0.15) is 31.3 Å². The van der Waals surface area contributed by atoms with Crippen LogP contribution < -0.4 is 11.5 Å². The molecule has 0 bridgehead atoms. The lowest BCUT2D eigenvalue weighted by Crippen LogP contribution is -2.19. The van der Waals surface area contributed by atoms with E-state index in [1.165, 1.54) is 11.8 Å². The molecule has 0 saturated heterocycles. The number of aromatic nitrogens is 2. The lowest BCUT2D eigenvalue weighted by atomic mass is 10.1. The summed E-state index contributed by atoms with van der Waals surface area (Å²) in [6.07, 6.45) is -1.37. The van der Waals surface area contributed by atoms with E-state index >= 15 is 0 Å². The molecule has 2 amide bonds. The Balaban J connectivity index is 2.41. The van der Waals surface area contributed by atoms with Crippen LogP contribution in [0.2, 0.25) is 10.0 Å². The van der Waals surface area contributed by atoms with Crippen LogP contribution in [0.25, 0.3) is 0 Å². The summed E-state index contributed by atoms with van der Waals surface area (Å²) in [6.45, 7) is 4.51. The summed E-state index contributed by atoms with van der Waals surface area (Å²) >= 11 is 13.7. The summed E-state index contributed by atoms with van der Waals surface area (Å²) in [6, 6.07) is 5.26. The molecule has 0 radical (unpaired) electrons. The Morgan fingerprint density at radius 2 is 1.69 bits per heavy atom. The smallest absolute Gasteiger partial charge is 0.404 e. The summed E-state index contributed by atoms with van der Waals surface area (Å²) < 4.78 is 11.6. The van der Waals surface area contributed by atoms with Crippen LogP contribution >= 0.6 is 35.0 Å². The number of carbonyl (C=O) groups is 2. The molecule has 8 nitrogen and oxygen atoms in total. The molecule has 0 atom stereocenters. The van der Waals surface area contributed by atoms with Gasteiger partial charge in [-0.3, -0.25) is 0 Å². The summed E-state index contributed by atoms with van der Waals surface area (Å²) in [5.74, 6) is 0.778. The molecule has 1 aromatic carbocycles. The van der Waals surface area contributed by atoms with Crippen molar-refractivity contribution in [3.63, 3.8) is 0 Å². The predicted octanol–water partition coefficient (Wildman–Crippen LogP) is 4.20. The van der Waals surface area contributed by atoms with E-state index in [2.05, 4.69) is 0 Å². The van der Waals surface area contributed by atoms with E-state index in [4.69, 9.17) is 49.1 Å². The van der Waals surface area contributed by atoms with Gasteiger partial charge in [-0.2, -0.15) is 0 Å². The van der Waals surface area contributed by atoms with E-state index in [0.717, 1.165) is 15.6 Å². The fourth-order valence-electron chi connectivity index (χ4n) is 2.59. The second-order valence-corrected chi connectivity index (χ2v) is 8.25. The molecule has 2 rings (SSSR count). The lowest BCUT2D eigenvalue weighted by Gasteiger charge is -2.13. The minimum absolute atomic E-state index is 0.0662. The van der Waals surface area contributed by atoms with Gasteiger partial charge in [-0.1, -0.05) is 48.8 Å². The van der Waals surface area contributed by atoms with Crippen LogP contribution in [-0.2, 0) is 22.4 Å². The molecule has 1 heterocycles. The van der Waals surface area contributed by atoms with Crippen molar-refractivity contribution < 1.29 is 19.1 Å². The van der Waals surface area contributed by atoms with Crippen molar-refractivity contribution >= 4 is 47.2 Å². The molecule has 0 spiro atoms. The van der Waals surface area contributed by atoms with Crippen molar-refractivity contribution in [3.8, 4) is 0 Å². The van der Waals surface area contributed by atoms with Crippen molar-refractivity contribution in [1.82, 2.24) is 9.55 Å². The Morgan fingerprint density at radius 1 is 1.10 bits per heavy atom. The number of primary amides is 2. The van der Waals surface area contributed by atoms with Crippen LogP contribution in [0.4, 0.5) is 9.59 Å². The van der Waals surface area contributed by atoms with Gasteiger partial charge in [0.2, 0.25) is 0 Å². The number of nitrogens with zero attached hydrogens (tertiary/aromatic N) is 2. The maximum absolute atomic E-state index is 11.0. The summed E-state index contributed by atoms with van der Waals surface area (Å²) in [7, 11) is 0. The fraction of sp³-hybridized carbons (Fsp3) is 0.389. The number of imidazole rings is 1. The van der Waals surface area contributed by atoms with Gasteiger partial charge >= 0.3 is 12.2 Å². The SMILES string of the molecule is CC(C)c1nc(CCOC(N)=O)n(CCOC(N)=O)c1Sc1cc(Cl)cc(Cl)c1. The van der Waals surface area contributed by atoms with Gasteiger partial charge in [-0.25, -0.2) is 14.6 Å². The molecule has 0 aliphatic heterocycles. The fourth-order valence-corrected chi connectivity index (χ4v) is 4.53. The number of hydrogen-bond acceptors (Lipinski definition) is 6. The molecule has 0 unspecified atom stereocenters. The van der Waals surface area contributed by atoms with Crippen LogP contribution in [0.3, 0.4) is 0 Å². The summed E-state index contributed by atoms with van der Waals surface area (Å²) in [4.78, 5) is 27.4. The van der Waals surface area contributed by atoms with Gasteiger partial charge in [-0.15, -0.1) is 0 Å². The van der Waals surface area contributed by atoms with E-state index in [-0.39, 0.29) is 19.1 Å². The van der Waals surface area contributed by atoms with Gasteiger partial charge in [0.05, 0.1) is 12.2 Å². The molecular weight excluding hydrogens is 439 g/mol. The molecule has 0 aliphatic rings. The second kappa shape index (κ2) is 10.6. The van der Waals surface area contributed by atoms with Gasteiger partial charge in [0.1, 0.15) is 24.1 Å². The standard InChI is InChI=1S/C18H22Cl2N4O4S/c1-10(2)15-16(29-13-8-11(19)7-12(20)9-13)24(4-6-28-18(22)26)14(23-15)3-5-27-17(21)25/h7-10H,3-6H2,1-2H3,(H2,21,25)(H2,22,26). The minimum atomic E-state index is -0.858. The highest BCUT2D eigenvalue weighted by Gasteiger charge is 2.21. The topological polar surface area (TPSA) is 122 Å². The van der Waals surface area contributed by atoms with Crippen LogP contribution in [0.5, 0.6) is 0 Å².